The molecule has 6 heteroatoms. The highest BCUT2D eigenvalue weighted by atomic mass is 28.4. The average molecular weight is 431 g/mol. The molecule has 0 aliphatic carbocycles. The minimum absolute atomic E-state index is 0.0935. The van der Waals surface area contributed by atoms with E-state index in [0.29, 0.717) is 29.8 Å². The first-order chi connectivity index (χ1) is 13.4. The Morgan fingerprint density at radius 2 is 1.52 bits per heavy atom. The smallest absolute Gasteiger partial charge is 0.308 e. The first-order valence-corrected chi connectivity index (χ1v) is 13.4. The zero-order chi connectivity index (χ0) is 22.8. The van der Waals surface area contributed by atoms with Gasteiger partial charge in [0, 0.05) is 13.0 Å². The molecule has 0 radical (unpaired) electrons. The third kappa shape index (κ3) is 8.91. The molecule has 172 valence electrons. The number of aliphatic hydroxyl groups is 2. The highest BCUT2D eigenvalue weighted by Gasteiger charge is 2.45. The number of ether oxygens (including phenoxy) is 1. The maximum Gasteiger partial charge on any atom is 0.308 e. The van der Waals surface area contributed by atoms with E-state index in [1.165, 1.54) is 0 Å². The van der Waals surface area contributed by atoms with Crippen LogP contribution in [0.15, 0.2) is 11.6 Å². The number of carbonyl (C=O) groups excluding carboxylic acids is 1. The van der Waals surface area contributed by atoms with E-state index in [9.17, 15) is 15.0 Å². The van der Waals surface area contributed by atoms with Crippen molar-refractivity contribution >= 4 is 14.3 Å². The summed E-state index contributed by atoms with van der Waals surface area (Å²) in [4.78, 5) is 11.5. The van der Waals surface area contributed by atoms with Crippen molar-refractivity contribution < 1.29 is 24.2 Å². The van der Waals surface area contributed by atoms with Crippen LogP contribution in [0.4, 0.5) is 0 Å². The molecule has 0 unspecified atom stereocenters. The van der Waals surface area contributed by atoms with Crippen LogP contribution in [-0.2, 0) is 14.0 Å². The zero-order valence-electron chi connectivity index (χ0n) is 20.2. The van der Waals surface area contributed by atoms with Gasteiger partial charge in [0.2, 0.25) is 0 Å². The summed E-state index contributed by atoms with van der Waals surface area (Å²) in [5.41, 5.74) is 2.42. The van der Waals surface area contributed by atoms with Gasteiger partial charge in [0.25, 0.3) is 0 Å². The van der Waals surface area contributed by atoms with Crippen LogP contribution in [0.25, 0.3) is 0 Å². The van der Waals surface area contributed by atoms with Crippen molar-refractivity contribution in [3.8, 4) is 0 Å². The number of rotatable bonds is 14. The van der Waals surface area contributed by atoms with E-state index < -0.39 is 26.5 Å². The fourth-order valence-electron chi connectivity index (χ4n) is 4.46. The lowest BCUT2D eigenvalue weighted by molar-refractivity contribution is -0.145. The average Bonchev–Trinajstić information content (AvgIpc) is 2.59. The number of aliphatic hydroxyl groups excluding tert-OH is 2. The van der Waals surface area contributed by atoms with Gasteiger partial charge in [0.15, 0.2) is 8.32 Å². The summed E-state index contributed by atoms with van der Waals surface area (Å²) in [6.07, 6.45) is 1.34. The van der Waals surface area contributed by atoms with Gasteiger partial charge in [-0.15, -0.1) is 0 Å². The summed E-state index contributed by atoms with van der Waals surface area (Å²) in [5, 5.41) is 20.5. The number of hydrogen-bond acceptors (Lipinski definition) is 5. The second kappa shape index (κ2) is 13.6. The van der Waals surface area contributed by atoms with Crippen LogP contribution < -0.4 is 0 Å². The summed E-state index contributed by atoms with van der Waals surface area (Å²) >= 11 is 0. The first-order valence-electron chi connectivity index (χ1n) is 11.3. The van der Waals surface area contributed by atoms with Crippen LogP contribution in [0, 0.1) is 5.92 Å². The van der Waals surface area contributed by atoms with Gasteiger partial charge >= 0.3 is 5.97 Å². The highest BCUT2D eigenvalue weighted by Crippen LogP contribution is 2.42. The van der Waals surface area contributed by atoms with Gasteiger partial charge in [0.1, 0.15) is 0 Å². The van der Waals surface area contributed by atoms with Crippen molar-refractivity contribution in [3.05, 3.63) is 11.6 Å². The molecule has 0 aromatic heterocycles. The van der Waals surface area contributed by atoms with E-state index >= 15 is 0 Å². The second-order valence-electron chi connectivity index (χ2n) is 9.12. The van der Waals surface area contributed by atoms with Crippen molar-refractivity contribution in [2.45, 2.75) is 110 Å². The van der Waals surface area contributed by atoms with E-state index in [2.05, 4.69) is 54.5 Å². The molecule has 0 rings (SSSR count). The molecule has 0 amide bonds. The van der Waals surface area contributed by atoms with E-state index in [0.717, 1.165) is 12.0 Å². The topological polar surface area (TPSA) is 76.0 Å². The normalized spacial score (nSPS) is 16.4. The summed E-state index contributed by atoms with van der Waals surface area (Å²) in [6, 6.07) is 0. The molecule has 5 nitrogen and oxygen atoms in total. The molecule has 29 heavy (non-hydrogen) atoms. The highest BCUT2D eigenvalue weighted by molar-refractivity contribution is 6.77. The molecule has 0 saturated heterocycles. The SMILES string of the molecule is CCOC(=O)C[C@H](O)C[C@@H](O)/C(C)=C\[C@@H](CC)CO[Si](C(C)C)(C(C)C)C(C)C. The molecule has 0 heterocycles. The molecular weight excluding hydrogens is 384 g/mol. The van der Waals surface area contributed by atoms with Crippen LogP contribution in [0.3, 0.4) is 0 Å². The molecule has 0 saturated carbocycles. The Labute approximate surface area is 180 Å². The van der Waals surface area contributed by atoms with E-state index in [1.54, 1.807) is 6.92 Å². The van der Waals surface area contributed by atoms with E-state index in [4.69, 9.17) is 9.16 Å². The maximum absolute atomic E-state index is 11.5. The zero-order valence-corrected chi connectivity index (χ0v) is 21.2. The summed E-state index contributed by atoms with van der Waals surface area (Å²) in [6.45, 7) is 20.4. The monoisotopic (exact) mass is 430 g/mol. The summed E-state index contributed by atoms with van der Waals surface area (Å²) in [5.74, 6) is -0.221. The summed E-state index contributed by atoms with van der Waals surface area (Å²) in [7, 11) is -1.92. The summed E-state index contributed by atoms with van der Waals surface area (Å²) < 4.78 is 11.6. The van der Waals surface area contributed by atoms with Gasteiger partial charge in [-0.3, -0.25) is 4.79 Å². The minimum atomic E-state index is -1.92. The van der Waals surface area contributed by atoms with Gasteiger partial charge in [-0.2, -0.15) is 0 Å². The third-order valence-corrected chi connectivity index (χ3v) is 12.1. The van der Waals surface area contributed by atoms with Crippen molar-refractivity contribution in [1.82, 2.24) is 0 Å². The van der Waals surface area contributed by atoms with Crippen molar-refractivity contribution in [2.75, 3.05) is 13.2 Å². The first kappa shape index (κ1) is 28.3. The van der Waals surface area contributed by atoms with Crippen molar-refractivity contribution in [2.24, 2.45) is 5.92 Å². The lowest BCUT2D eigenvalue weighted by Crippen LogP contribution is -2.48. The van der Waals surface area contributed by atoms with Crippen molar-refractivity contribution in [1.29, 1.82) is 0 Å². The van der Waals surface area contributed by atoms with Crippen LogP contribution in [0.5, 0.6) is 0 Å². The molecule has 2 N–H and O–H groups in total. The van der Waals surface area contributed by atoms with Crippen LogP contribution >= 0.6 is 0 Å². The predicted octanol–water partition coefficient (Wildman–Crippen LogP) is 5.22. The lowest BCUT2D eigenvalue weighted by Gasteiger charge is -2.42. The largest absolute Gasteiger partial charge is 0.466 e. The van der Waals surface area contributed by atoms with Gasteiger partial charge in [-0.25, -0.2) is 0 Å². The fourth-order valence-corrected chi connectivity index (χ4v) is 9.96. The van der Waals surface area contributed by atoms with Crippen LogP contribution in [0.2, 0.25) is 16.6 Å². The van der Waals surface area contributed by atoms with Crippen molar-refractivity contribution in [3.63, 3.8) is 0 Å². The Bertz CT molecular complexity index is 480. The van der Waals surface area contributed by atoms with Gasteiger partial charge in [0.05, 0.1) is 25.2 Å². The maximum atomic E-state index is 11.5. The van der Waals surface area contributed by atoms with Crippen LogP contribution in [-0.4, -0.2) is 49.9 Å². The van der Waals surface area contributed by atoms with E-state index in [-0.39, 0.29) is 18.8 Å². The van der Waals surface area contributed by atoms with Crippen LogP contribution in [0.1, 0.15) is 81.6 Å². The Balaban J connectivity index is 5.05. The molecule has 3 atom stereocenters. The Morgan fingerprint density at radius 3 is 1.93 bits per heavy atom. The molecular formula is C23H46O5Si. The quantitative estimate of drug-likeness (QED) is 0.225. The molecule has 0 aliphatic heterocycles. The third-order valence-electron chi connectivity index (χ3n) is 6.01. The number of hydrogen-bond donors (Lipinski definition) is 2. The number of carbonyl (C=O) groups is 1. The molecule has 0 bridgehead atoms. The Kier molecular flexibility index (Phi) is 13.3. The molecule has 0 aliphatic rings. The number of esters is 1. The van der Waals surface area contributed by atoms with E-state index in [1.807, 2.05) is 6.92 Å². The standard InChI is InChI=1S/C23H46O5Si/c1-10-20(15-28-29(16(3)4,17(5)6)18(7)8)12-19(9)22(25)13-21(24)14-23(26)27-11-2/h12,16-18,20-22,24-25H,10-11,13-15H2,1-9H3/b19-12-/t20-,21-,22-/m1/s1. The molecule has 0 fully saturated rings. The lowest BCUT2D eigenvalue weighted by atomic mass is 9.98. The molecule has 0 spiro atoms. The van der Waals surface area contributed by atoms with Gasteiger partial charge < -0.3 is 19.4 Å². The predicted molar refractivity (Wildman–Crippen MR) is 122 cm³/mol. The molecule has 0 aromatic rings. The van der Waals surface area contributed by atoms with Gasteiger partial charge in [-0.1, -0.05) is 54.5 Å². The molecule has 0 aromatic carbocycles. The second-order valence-corrected chi connectivity index (χ2v) is 14.6. The fraction of sp³-hybridized carbons (Fsp3) is 0.870. The minimum Gasteiger partial charge on any atom is -0.466 e. The van der Waals surface area contributed by atoms with Gasteiger partial charge in [-0.05, 0) is 48.4 Å². The Morgan fingerprint density at radius 1 is 1.00 bits per heavy atom. The Hall–Kier alpha value is -0.693.